The van der Waals surface area contributed by atoms with Crippen LogP contribution in [-0.2, 0) is 13.1 Å². The van der Waals surface area contributed by atoms with Gasteiger partial charge in [0.2, 0.25) is 0 Å². The Morgan fingerprint density at radius 1 is 1.44 bits per heavy atom. The number of piperidine rings is 1. The fourth-order valence-electron chi connectivity index (χ4n) is 2.63. The van der Waals surface area contributed by atoms with Crippen molar-refractivity contribution in [3.63, 3.8) is 0 Å². The summed E-state index contributed by atoms with van der Waals surface area (Å²) in [6.07, 6.45) is 4.39. The molecule has 1 fully saturated rings. The van der Waals surface area contributed by atoms with Crippen LogP contribution in [0.15, 0.2) is 16.7 Å². The lowest BCUT2D eigenvalue weighted by Gasteiger charge is -2.31. The van der Waals surface area contributed by atoms with Gasteiger partial charge in [-0.2, -0.15) is 0 Å². The first-order valence-corrected chi connectivity index (χ1v) is 6.81. The van der Waals surface area contributed by atoms with Gasteiger partial charge >= 0.3 is 0 Å². The van der Waals surface area contributed by atoms with E-state index in [2.05, 4.69) is 30.0 Å². The van der Waals surface area contributed by atoms with Gasteiger partial charge < -0.3 is 15.1 Å². The van der Waals surface area contributed by atoms with Crippen LogP contribution in [0.3, 0.4) is 0 Å². The third-order valence-electron chi connectivity index (χ3n) is 3.78. The Labute approximate surface area is 110 Å². The molecule has 4 heteroatoms. The van der Waals surface area contributed by atoms with E-state index in [4.69, 9.17) is 10.2 Å². The minimum absolute atomic E-state index is 0.558. The zero-order valence-electron chi connectivity index (χ0n) is 11.6. The van der Waals surface area contributed by atoms with E-state index >= 15 is 0 Å². The fourth-order valence-corrected chi connectivity index (χ4v) is 2.63. The van der Waals surface area contributed by atoms with Gasteiger partial charge in [-0.25, -0.2) is 0 Å². The second kappa shape index (κ2) is 6.36. The molecule has 2 N–H and O–H groups in total. The van der Waals surface area contributed by atoms with Crippen LogP contribution < -0.4 is 5.73 Å². The molecule has 0 unspecified atom stereocenters. The second-order valence-corrected chi connectivity index (χ2v) is 5.57. The molecule has 1 aromatic rings. The summed E-state index contributed by atoms with van der Waals surface area (Å²) in [5.74, 6) is 1.85. The molecule has 102 valence electrons. The summed E-state index contributed by atoms with van der Waals surface area (Å²) in [5.41, 5.74) is 6.66. The van der Waals surface area contributed by atoms with Crippen molar-refractivity contribution < 1.29 is 4.42 Å². The molecule has 0 atom stereocenters. The van der Waals surface area contributed by atoms with E-state index in [0.717, 1.165) is 30.3 Å². The Hall–Kier alpha value is -0.840. The minimum Gasteiger partial charge on any atom is -0.468 e. The Morgan fingerprint density at radius 3 is 2.78 bits per heavy atom. The van der Waals surface area contributed by atoms with Gasteiger partial charge in [0.1, 0.15) is 5.76 Å². The van der Waals surface area contributed by atoms with E-state index in [9.17, 15) is 0 Å². The van der Waals surface area contributed by atoms with Gasteiger partial charge in [0.15, 0.2) is 0 Å². The molecule has 0 amide bonds. The molecule has 1 saturated heterocycles. The number of nitrogens with zero attached hydrogens (tertiary/aromatic N) is 2. The Morgan fingerprint density at radius 2 is 2.17 bits per heavy atom. The molecule has 0 bridgehead atoms. The SMILES string of the molecule is CN1CCC(CN(C)Cc2cc(CN)co2)CC1. The van der Waals surface area contributed by atoms with Crippen LogP contribution in [0.25, 0.3) is 0 Å². The molecule has 0 saturated carbocycles. The number of furan rings is 1. The predicted molar refractivity (Wildman–Crippen MR) is 73.2 cm³/mol. The molecule has 0 radical (unpaired) electrons. The Balaban J connectivity index is 1.76. The third-order valence-corrected chi connectivity index (χ3v) is 3.78. The zero-order chi connectivity index (χ0) is 13.0. The average Bonchev–Trinajstić information content (AvgIpc) is 2.79. The summed E-state index contributed by atoms with van der Waals surface area (Å²) in [6.45, 7) is 5.06. The monoisotopic (exact) mass is 251 g/mol. The lowest BCUT2D eigenvalue weighted by Crippen LogP contribution is -2.35. The molecule has 4 nitrogen and oxygen atoms in total. The lowest BCUT2D eigenvalue weighted by molar-refractivity contribution is 0.168. The first-order valence-electron chi connectivity index (χ1n) is 6.81. The Bertz CT molecular complexity index is 356. The minimum atomic E-state index is 0.558. The van der Waals surface area contributed by atoms with Crippen molar-refractivity contribution in [2.45, 2.75) is 25.9 Å². The van der Waals surface area contributed by atoms with Gasteiger partial charge in [-0.05, 0) is 52.0 Å². The largest absolute Gasteiger partial charge is 0.468 e. The summed E-state index contributed by atoms with van der Waals surface area (Å²) < 4.78 is 5.50. The van der Waals surface area contributed by atoms with E-state index in [-0.39, 0.29) is 0 Å². The number of hydrogen-bond donors (Lipinski definition) is 1. The van der Waals surface area contributed by atoms with Crippen LogP contribution in [-0.4, -0.2) is 43.5 Å². The lowest BCUT2D eigenvalue weighted by atomic mass is 9.97. The van der Waals surface area contributed by atoms with Crippen LogP contribution >= 0.6 is 0 Å². The van der Waals surface area contributed by atoms with E-state index in [0.29, 0.717) is 6.54 Å². The van der Waals surface area contributed by atoms with Crippen molar-refractivity contribution in [1.29, 1.82) is 0 Å². The van der Waals surface area contributed by atoms with Crippen LogP contribution in [0.2, 0.25) is 0 Å². The highest BCUT2D eigenvalue weighted by Crippen LogP contribution is 2.18. The first-order chi connectivity index (χ1) is 8.67. The molecule has 1 aliphatic rings. The quantitative estimate of drug-likeness (QED) is 0.861. The normalized spacial score (nSPS) is 18.7. The van der Waals surface area contributed by atoms with Gasteiger partial charge in [0.25, 0.3) is 0 Å². The number of rotatable bonds is 5. The number of likely N-dealkylation sites (tertiary alicyclic amines) is 1. The standard InChI is InChI=1S/C14H25N3O/c1-16-5-3-12(4-6-16)9-17(2)10-14-7-13(8-15)11-18-14/h7,11-12H,3-6,8-10,15H2,1-2H3. The van der Waals surface area contributed by atoms with Crippen molar-refractivity contribution in [2.24, 2.45) is 11.7 Å². The maximum Gasteiger partial charge on any atom is 0.118 e. The zero-order valence-corrected chi connectivity index (χ0v) is 11.6. The van der Waals surface area contributed by atoms with Crippen molar-refractivity contribution >= 4 is 0 Å². The third kappa shape index (κ3) is 3.83. The van der Waals surface area contributed by atoms with E-state index in [1.165, 1.54) is 25.9 Å². The summed E-state index contributed by atoms with van der Waals surface area (Å²) in [6, 6.07) is 2.06. The fraction of sp³-hybridized carbons (Fsp3) is 0.714. The van der Waals surface area contributed by atoms with Gasteiger partial charge in [-0.3, -0.25) is 4.90 Å². The molecule has 2 rings (SSSR count). The molecule has 2 heterocycles. The van der Waals surface area contributed by atoms with Crippen LogP contribution in [0.4, 0.5) is 0 Å². The molecule has 0 aliphatic carbocycles. The summed E-state index contributed by atoms with van der Waals surface area (Å²) >= 11 is 0. The van der Waals surface area contributed by atoms with Crippen molar-refractivity contribution in [3.8, 4) is 0 Å². The van der Waals surface area contributed by atoms with Crippen molar-refractivity contribution in [2.75, 3.05) is 33.7 Å². The van der Waals surface area contributed by atoms with Crippen LogP contribution in [0.5, 0.6) is 0 Å². The molecule has 0 spiro atoms. The molecule has 1 aromatic heterocycles. The summed E-state index contributed by atoms with van der Waals surface area (Å²) in [5, 5.41) is 0. The van der Waals surface area contributed by atoms with Gasteiger partial charge in [-0.1, -0.05) is 0 Å². The maximum atomic E-state index is 5.58. The second-order valence-electron chi connectivity index (χ2n) is 5.57. The summed E-state index contributed by atoms with van der Waals surface area (Å²) in [4.78, 5) is 4.77. The van der Waals surface area contributed by atoms with E-state index in [1.807, 2.05) is 0 Å². The number of hydrogen-bond acceptors (Lipinski definition) is 4. The van der Waals surface area contributed by atoms with E-state index in [1.54, 1.807) is 6.26 Å². The predicted octanol–water partition coefficient (Wildman–Crippen LogP) is 1.51. The smallest absolute Gasteiger partial charge is 0.118 e. The number of nitrogens with two attached hydrogens (primary N) is 1. The van der Waals surface area contributed by atoms with E-state index < -0.39 is 0 Å². The molecule has 18 heavy (non-hydrogen) atoms. The molecular weight excluding hydrogens is 226 g/mol. The highest BCUT2D eigenvalue weighted by atomic mass is 16.3. The van der Waals surface area contributed by atoms with Gasteiger partial charge in [-0.15, -0.1) is 0 Å². The average molecular weight is 251 g/mol. The van der Waals surface area contributed by atoms with Crippen molar-refractivity contribution in [3.05, 3.63) is 23.7 Å². The highest BCUT2D eigenvalue weighted by Gasteiger charge is 2.18. The van der Waals surface area contributed by atoms with Gasteiger partial charge in [0, 0.05) is 18.7 Å². The highest BCUT2D eigenvalue weighted by molar-refractivity contribution is 5.12. The topological polar surface area (TPSA) is 45.6 Å². The molecule has 0 aromatic carbocycles. The van der Waals surface area contributed by atoms with Crippen LogP contribution in [0.1, 0.15) is 24.2 Å². The Kier molecular flexibility index (Phi) is 4.80. The molecule has 1 aliphatic heterocycles. The van der Waals surface area contributed by atoms with Crippen molar-refractivity contribution in [1.82, 2.24) is 9.80 Å². The molecular formula is C14H25N3O. The maximum absolute atomic E-state index is 5.58. The van der Waals surface area contributed by atoms with Gasteiger partial charge in [0.05, 0.1) is 12.8 Å². The summed E-state index contributed by atoms with van der Waals surface area (Å²) in [7, 11) is 4.38. The van der Waals surface area contributed by atoms with Crippen LogP contribution in [0, 0.1) is 5.92 Å². The first kappa shape index (κ1) is 13.6.